The number of fused-ring (bicyclic) bond motifs is 3. The number of benzene rings is 4. The second-order valence-electron chi connectivity index (χ2n) is 7.22. The SMILES string of the molecule is COc1ccc([C@H]2c3c(ccc4ccccc34)O[C@H]2C(=O)c2ccccc2)cc1. The van der Waals surface area contributed by atoms with Crippen LogP contribution in [-0.2, 0) is 0 Å². The molecule has 0 saturated carbocycles. The zero-order chi connectivity index (χ0) is 19.8. The van der Waals surface area contributed by atoms with Crippen LogP contribution < -0.4 is 9.47 Å². The molecule has 0 aromatic heterocycles. The zero-order valence-electron chi connectivity index (χ0n) is 16.0. The standard InChI is InChI=1S/C26H20O3/c1-28-20-14-11-18(12-15-20)23-24-21-10-6-5-7-17(21)13-16-22(24)29-26(23)25(27)19-8-3-2-4-9-19/h2-16,23,26H,1H3/t23-,26+/m0/s1. The van der Waals surface area contributed by atoms with Gasteiger partial charge < -0.3 is 9.47 Å². The molecule has 3 heteroatoms. The van der Waals surface area contributed by atoms with Crippen molar-refractivity contribution in [3.05, 3.63) is 108 Å². The van der Waals surface area contributed by atoms with E-state index < -0.39 is 6.10 Å². The first-order valence-electron chi connectivity index (χ1n) is 9.68. The molecule has 4 aromatic carbocycles. The first-order chi connectivity index (χ1) is 14.3. The second-order valence-corrected chi connectivity index (χ2v) is 7.22. The molecule has 0 fully saturated rings. The lowest BCUT2D eigenvalue weighted by atomic mass is 9.83. The highest BCUT2D eigenvalue weighted by Crippen LogP contribution is 2.47. The van der Waals surface area contributed by atoms with Crippen LogP contribution in [0, 0.1) is 0 Å². The number of ketones is 1. The predicted molar refractivity (Wildman–Crippen MR) is 114 cm³/mol. The maximum atomic E-state index is 13.4. The van der Waals surface area contributed by atoms with Crippen molar-refractivity contribution in [1.29, 1.82) is 0 Å². The molecule has 0 saturated heterocycles. The van der Waals surface area contributed by atoms with Gasteiger partial charge in [0, 0.05) is 11.1 Å². The average Bonchev–Trinajstić information content (AvgIpc) is 3.19. The van der Waals surface area contributed by atoms with Gasteiger partial charge in [0.2, 0.25) is 5.78 Å². The molecular formula is C26H20O3. The summed E-state index contributed by atoms with van der Waals surface area (Å²) in [5.74, 6) is 1.37. The summed E-state index contributed by atoms with van der Waals surface area (Å²) in [7, 11) is 1.65. The third kappa shape index (κ3) is 2.95. The van der Waals surface area contributed by atoms with Gasteiger partial charge in [0.05, 0.1) is 13.0 Å². The maximum Gasteiger partial charge on any atom is 0.204 e. The summed E-state index contributed by atoms with van der Waals surface area (Å²) in [6.45, 7) is 0. The molecule has 2 atom stereocenters. The number of ether oxygens (including phenoxy) is 2. The summed E-state index contributed by atoms with van der Waals surface area (Å²) >= 11 is 0. The van der Waals surface area contributed by atoms with Crippen LogP contribution in [-0.4, -0.2) is 19.0 Å². The van der Waals surface area contributed by atoms with Crippen LogP contribution in [0.1, 0.15) is 27.4 Å². The molecule has 0 aliphatic carbocycles. The van der Waals surface area contributed by atoms with E-state index in [4.69, 9.17) is 9.47 Å². The first-order valence-corrected chi connectivity index (χ1v) is 9.68. The molecule has 0 radical (unpaired) electrons. The minimum atomic E-state index is -0.605. The molecule has 142 valence electrons. The van der Waals surface area contributed by atoms with E-state index in [1.165, 1.54) is 0 Å². The Bertz CT molecular complexity index is 1180. The fraction of sp³-hybridized carbons (Fsp3) is 0.115. The molecule has 1 aliphatic heterocycles. The summed E-state index contributed by atoms with van der Waals surface area (Å²) in [5.41, 5.74) is 2.77. The summed E-state index contributed by atoms with van der Waals surface area (Å²) in [5, 5.41) is 2.26. The van der Waals surface area contributed by atoms with Gasteiger partial charge in [-0.15, -0.1) is 0 Å². The van der Waals surface area contributed by atoms with Crippen LogP contribution in [0.5, 0.6) is 11.5 Å². The summed E-state index contributed by atoms with van der Waals surface area (Å²) in [6.07, 6.45) is -0.605. The van der Waals surface area contributed by atoms with Crippen molar-refractivity contribution in [2.75, 3.05) is 7.11 Å². The Hall–Kier alpha value is -3.59. The highest BCUT2D eigenvalue weighted by molar-refractivity contribution is 6.02. The molecular weight excluding hydrogens is 360 g/mol. The third-order valence-corrected chi connectivity index (χ3v) is 5.59. The van der Waals surface area contributed by atoms with E-state index in [1.807, 2.05) is 72.8 Å². The topological polar surface area (TPSA) is 35.5 Å². The van der Waals surface area contributed by atoms with Gasteiger partial charge in [-0.25, -0.2) is 0 Å². The molecule has 29 heavy (non-hydrogen) atoms. The van der Waals surface area contributed by atoms with Gasteiger partial charge in [0.25, 0.3) is 0 Å². The third-order valence-electron chi connectivity index (χ3n) is 5.59. The van der Waals surface area contributed by atoms with E-state index in [-0.39, 0.29) is 11.7 Å². The lowest BCUT2D eigenvalue weighted by Crippen LogP contribution is -2.30. The molecule has 0 bridgehead atoms. The van der Waals surface area contributed by atoms with Crippen molar-refractivity contribution in [3.8, 4) is 11.5 Å². The molecule has 0 amide bonds. The molecule has 0 spiro atoms. The van der Waals surface area contributed by atoms with Gasteiger partial charge in [-0.05, 0) is 34.5 Å². The monoisotopic (exact) mass is 380 g/mol. The van der Waals surface area contributed by atoms with Crippen molar-refractivity contribution in [2.24, 2.45) is 0 Å². The van der Waals surface area contributed by atoms with Crippen molar-refractivity contribution < 1.29 is 14.3 Å². The lowest BCUT2D eigenvalue weighted by Gasteiger charge is -2.19. The molecule has 0 N–H and O–H groups in total. The van der Waals surface area contributed by atoms with E-state index in [9.17, 15) is 4.79 Å². The van der Waals surface area contributed by atoms with Gasteiger partial charge in [-0.1, -0.05) is 72.8 Å². The van der Waals surface area contributed by atoms with Crippen LogP contribution in [0.4, 0.5) is 0 Å². The summed E-state index contributed by atoms with van der Waals surface area (Å²) < 4.78 is 11.6. The minimum absolute atomic E-state index is 0.00769. The first kappa shape index (κ1) is 17.5. The second kappa shape index (κ2) is 7.10. The number of Topliss-reactive ketones (excluding diaryl/α,β-unsaturated/α-hetero) is 1. The van der Waals surface area contributed by atoms with E-state index in [0.29, 0.717) is 5.56 Å². The number of carbonyl (C=O) groups excluding carboxylic acids is 1. The van der Waals surface area contributed by atoms with Gasteiger partial charge in [0.15, 0.2) is 6.10 Å². The van der Waals surface area contributed by atoms with Gasteiger partial charge in [-0.3, -0.25) is 4.79 Å². The smallest absolute Gasteiger partial charge is 0.204 e. The Morgan fingerprint density at radius 3 is 2.31 bits per heavy atom. The van der Waals surface area contributed by atoms with Crippen LogP contribution in [0.2, 0.25) is 0 Å². The average molecular weight is 380 g/mol. The van der Waals surface area contributed by atoms with Crippen LogP contribution >= 0.6 is 0 Å². The largest absolute Gasteiger partial charge is 0.497 e. The quantitative estimate of drug-likeness (QED) is 0.431. The van der Waals surface area contributed by atoms with E-state index >= 15 is 0 Å². The van der Waals surface area contributed by atoms with E-state index in [0.717, 1.165) is 33.4 Å². The van der Waals surface area contributed by atoms with E-state index in [2.05, 4.69) is 18.2 Å². The molecule has 5 rings (SSSR count). The summed E-state index contributed by atoms with van der Waals surface area (Å²) in [4.78, 5) is 13.4. The number of rotatable bonds is 4. The lowest BCUT2D eigenvalue weighted by molar-refractivity contribution is 0.0807. The van der Waals surface area contributed by atoms with Gasteiger partial charge in [-0.2, -0.15) is 0 Å². The predicted octanol–water partition coefficient (Wildman–Crippen LogP) is 5.62. The minimum Gasteiger partial charge on any atom is -0.497 e. The number of hydrogen-bond acceptors (Lipinski definition) is 3. The molecule has 3 nitrogen and oxygen atoms in total. The van der Waals surface area contributed by atoms with E-state index in [1.54, 1.807) is 7.11 Å². The van der Waals surface area contributed by atoms with Crippen LogP contribution in [0.3, 0.4) is 0 Å². The van der Waals surface area contributed by atoms with Crippen LogP contribution in [0.15, 0.2) is 91.0 Å². The highest BCUT2D eigenvalue weighted by atomic mass is 16.5. The van der Waals surface area contributed by atoms with Crippen molar-refractivity contribution >= 4 is 16.6 Å². The Morgan fingerprint density at radius 1 is 0.828 bits per heavy atom. The van der Waals surface area contributed by atoms with Crippen molar-refractivity contribution in [2.45, 2.75) is 12.0 Å². The summed E-state index contributed by atoms with van der Waals surface area (Å²) in [6, 6.07) is 29.6. The van der Waals surface area contributed by atoms with Crippen molar-refractivity contribution in [3.63, 3.8) is 0 Å². The van der Waals surface area contributed by atoms with Gasteiger partial charge >= 0.3 is 0 Å². The number of hydrogen-bond donors (Lipinski definition) is 0. The molecule has 0 unspecified atom stereocenters. The Kier molecular flexibility index (Phi) is 4.28. The number of methoxy groups -OCH3 is 1. The molecule has 1 aliphatic rings. The maximum absolute atomic E-state index is 13.4. The Labute approximate surface area is 169 Å². The Morgan fingerprint density at radius 2 is 1.55 bits per heavy atom. The normalized spacial score (nSPS) is 17.6. The molecule has 1 heterocycles. The molecule has 4 aromatic rings. The number of carbonyl (C=O) groups is 1. The zero-order valence-corrected chi connectivity index (χ0v) is 16.0. The fourth-order valence-electron chi connectivity index (χ4n) is 4.18. The fourth-order valence-corrected chi connectivity index (χ4v) is 4.18. The highest BCUT2D eigenvalue weighted by Gasteiger charge is 2.41. The Balaban J connectivity index is 1.68. The van der Waals surface area contributed by atoms with Crippen LogP contribution in [0.25, 0.3) is 10.8 Å². The van der Waals surface area contributed by atoms with Gasteiger partial charge in [0.1, 0.15) is 11.5 Å². The van der Waals surface area contributed by atoms with Crippen molar-refractivity contribution in [1.82, 2.24) is 0 Å².